The zero-order chi connectivity index (χ0) is 20.9. The molecular formula is C21H21N3O5. The van der Waals surface area contributed by atoms with Crippen molar-refractivity contribution in [3.63, 3.8) is 0 Å². The van der Waals surface area contributed by atoms with Gasteiger partial charge in [0.1, 0.15) is 18.1 Å². The molecule has 0 radical (unpaired) electrons. The number of alkyl carbamates (subject to hydrolysis) is 1. The van der Waals surface area contributed by atoms with Crippen LogP contribution >= 0.6 is 0 Å². The molecule has 8 nitrogen and oxygen atoms in total. The molecular weight excluding hydrogens is 374 g/mol. The van der Waals surface area contributed by atoms with Crippen LogP contribution in [0.15, 0.2) is 76.5 Å². The van der Waals surface area contributed by atoms with Crippen molar-refractivity contribution in [1.29, 1.82) is 0 Å². The highest BCUT2D eigenvalue weighted by atomic mass is 16.6. The second-order valence-corrected chi connectivity index (χ2v) is 5.49. The summed E-state index contributed by atoms with van der Waals surface area (Å²) in [5, 5.41) is 2.32. The van der Waals surface area contributed by atoms with Crippen LogP contribution in [-0.4, -0.2) is 31.8 Å². The van der Waals surface area contributed by atoms with Gasteiger partial charge in [-0.25, -0.2) is 9.59 Å². The van der Waals surface area contributed by atoms with Gasteiger partial charge in [0.15, 0.2) is 0 Å². The van der Waals surface area contributed by atoms with E-state index < -0.39 is 12.1 Å². The molecule has 0 aliphatic carbocycles. The maximum absolute atomic E-state index is 12.0. The fourth-order valence-corrected chi connectivity index (χ4v) is 2.05. The molecule has 2 aromatic carbocycles. The molecule has 0 saturated carbocycles. The molecule has 0 aliphatic heterocycles. The summed E-state index contributed by atoms with van der Waals surface area (Å²) in [6.45, 7) is 1.85. The van der Waals surface area contributed by atoms with E-state index in [-0.39, 0.29) is 18.9 Å². The quantitative estimate of drug-likeness (QED) is 0.416. The van der Waals surface area contributed by atoms with Crippen LogP contribution in [0, 0.1) is 0 Å². The maximum Gasteiger partial charge on any atom is 0.412 e. The Bertz CT molecular complexity index is 902. The van der Waals surface area contributed by atoms with Crippen LogP contribution in [0.2, 0.25) is 0 Å². The number of hydrogen-bond acceptors (Lipinski definition) is 7. The van der Waals surface area contributed by atoms with Crippen molar-refractivity contribution in [1.82, 2.24) is 5.32 Å². The van der Waals surface area contributed by atoms with Gasteiger partial charge in [-0.05, 0) is 36.8 Å². The van der Waals surface area contributed by atoms with Gasteiger partial charge in [0.25, 0.3) is 0 Å². The van der Waals surface area contributed by atoms with E-state index >= 15 is 0 Å². The SMILES string of the molecule is CCOC(=O)/C(=C/N=C=Nc1ccc(OC)cc1)NC(=O)OCc1ccccc1. The Hall–Kier alpha value is -3.90. The van der Waals surface area contributed by atoms with E-state index in [0.717, 1.165) is 11.8 Å². The zero-order valence-corrected chi connectivity index (χ0v) is 16.1. The van der Waals surface area contributed by atoms with Gasteiger partial charge in [0.05, 0.1) is 31.6 Å². The predicted molar refractivity (Wildman–Crippen MR) is 107 cm³/mol. The molecule has 0 aliphatic rings. The van der Waals surface area contributed by atoms with Gasteiger partial charge < -0.3 is 14.2 Å². The lowest BCUT2D eigenvalue weighted by Crippen LogP contribution is -2.29. The van der Waals surface area contributed by atoms with Gasteiger partial charge in [-0.2, -0.15) is 9.98 Å². The third-order valence-corrected chi connectivity index (χ3v) is 3.45. The number of aliphatic imine (C=N–C) groups is 2. The minimum atomic E-state index is -0.810. The standard InChI is InChI=1S/C21H21N3O5/c1-3-28-20(25)19(24-21(26)29-14-16-7-5-4-6-8-16)13-22-15-23-17-9-11-18(27-2)12-10-17/h4-13H,3,14H2,1-2H3,(H,24,26)/b19-13-. The van der Waals surface area contributed by atoms with Crippen molar-refractivity contribution in [3.05, 3.63) is 72.1 Å². The van der Waals surface area contributed by atoms with Crippen molar-refractivity contribution in [2.24, 2.45) is 9.98 Å². The van der Waals surface area contributed by atoms with E-state index in [1.807, 2.05) is 30.3 Å². The number of nitrogens with zero attached hydrogens (tertiary/aromatic N) is 2. The van der Waals surface area contributed by atoms with Gasteiger partial charge >= 0.3 is 12.1 Å². The smallest absolute Gasteiger partial charge is 0.412 e. The predicted octanol–water partition coefficient (Wildman–Crippen LogP) is 3.83. The van der Waals surface area contributed by atoms with Crippen molar-refractivity contribution in [2.45, 2.75) is 13.5 Å². The van der Waals surface area contributed by atoms with Gasteiger partial charge in [0.2, 0.25) is 0 Å². The van der Waals surface area contributed by atoms with Crippen LogP contribution in [-0.2, 0) is 20.9 Å². The van der Waals surface area contributed by atoms with E-state index in [4.69, 9.17) is 14.2 Å². The minimum Gasteiger partial charge on any atom is -0.497 e. The summed E-state index contributed by atoms with van der Waals surface area (Å²) < 4.78 is 15.0. The summed E-state index contributed by atoms with van der Waals surface area (Å²) in [6.07, 6.45) is 0.282. The van der Waals surface area contributed by atoms with E-state index in [0.29, 0.717) is 11.4 Å². The van der Waals surface area contributed by atoms with E-state index in [2.05, 4.69) is 21.3 Å². The van der Waals surface area contributed by atoms with Gasteiger partial charge in [-0.15, -0.1) is 0 Å². The van der Waals surface area contributed by atoms with Gasteiger partial charge in [-0.1, -0.05) is 30.3 Å². The molecule has 2 rings (SSSR count). The highest BCUT2D eigenvalue weighted by molar-refractivity contribution is 5.92. The molecule has 2 aromatic rings. The number of hydrogen-bond donors (Lipinski definition) is 1. The number of carbonyl (C=O) groups is 2. The average Bonchev–Trinajstić information content (AvgIpc) is 2.75. The molecule has 0 aromatic heterocycles. The molecule has 150 valence electrons. The molecule has 0 spiro atoms. The molecule has 8 heteroatoms. The molecule has 0 bridgehead atoms. The highest BCUT2D eigenvalue weighted by Crippen LogP contribution is 2.16. The Morgan fingerprint density at radius 3 is 2.45 bits per heavy atom. The molecule has 0 fully saturated rings. The lowest BCUT2D eigenvalue weighted by molar-refractivity contribution is -0.138. The van der Waals surface area contributed by atoms with Crippen LogP contribution < -0.4 is 10.1 Å². The molecule has 0 heterocycles. The van der Waals surface area contributed by atoms with Gasteiger partial charge in [0, 0.05) is 0 Å². The minimum absolute atomic E-state index is 0.0605. The second-order valence-electron chi connectivity index (χ2n) is 5.49. The Morgan fingerprint density at radius 1 is 1.07 bits per heavy atom. The number of amides is 1. The van der Waals surface area contributed by atoms with Crippen molar-refractivity contribution in [3.8, 4) is 5.75 Å². The largest absolute Gasteiger partial charge is 0.497 e. The number of methoxy groups -OCH3 is 1. The summed E-state index contributed by atoms with van der Waals surface area (Å²) in [5.41, 5.74) is 1.21. The molecule has 29 heavy (non-hydrogen) atoms. The molecule has 0 atom stereocenters. The number of carbonyl (C=O) groups excluding carboxylic acids is 2. The van der Waals surface area contributed by atoms with Crippen LogP contribution in [0.1, 0.15) is 12.5 Å². The number of rotatable bonds is 8. The normalized spacial score (nSPS) is 10.3. The van der Waals surface area contributed by atoms with E-state index in [1.54, 1.807) is 38.3 Å². The Labute approximate surface area is 168 Å². The highest BCUT2D eigenvalue weighted by Gasteiger charge is 2.15. The maximum atomic E-state index is 12.0. The summed E-state index contributed by atoms with van der Waals surface area (Å²) in [6, 6.07) is 18.5. The lowest BCUT2D eigenvalue weighted by Gasteiger charge is -2.09. The Balaban J connectivity index is 2.02. The van der Waals surface area contributed by atoms with Crippen molar-refractivity contribution >= 4 is 23.8 Å². The average molecular weight is 395 g/mol. The molecule has 1 N–H and O–H groups in total. The number of esters is 1. The van der Waals surface area contributed by atoms with Crippen LogP contribution in [0.3, 0.4) is 0 Å². The first kappa shape index (κ1) is 21.4. The lowest BCUT2D eigenvalue weighted by atomic mass is 10.2. The topological polar surface area (TPSA) is 98.6 Å². The third-order valence-electron chi connectivity index (χ3n) is 3.45. The first-order chi connectivity index (χ1) is 14.1. The van der Waals surface area contributed by atoms with Gasteiger partial charge in [-0.3, -0.25) is 5.32 Å². The summed E-state index contributed by atoms with van der Waals surface area (Å²) in [7, 11) is 1.57. The number of ether oxygens (including phenoxy) is 3. The first-order valence-corrected chi connectivity index (χ1v) is 8.77. The summed E-state index contributed by atoms with van der Waals surface area (Å²) >= 11 is 0. The summed E-state index contributed by atoms with van der Waals surface area (Å²) in [5.74, 6) is -0.0530. The van der Waals surface area contributed by atoms with Crippen LogP contribution in [0.5, 0.6) is 5.75 Å². The van der Waals surface area contributed by atoms with E-state index in [1.165, 1.54) is 0 Å². The summed E-state index contributed by atoms with van der Waals surface area (Å²) in [4.78, 5) is 31.8. The molecule has 1 amide bonds. The Morgan fingerprint density at radius 2 is 1.79 bits per heavy atom. The molecule has 0 unspecified atom stereocenters. The van der Waals surface area contributed by atoms with Crippen molar-refractivity contribution in [2.75, 3.05) is 13.7 Å². The van der Waals surface area contributed by atoms with E-state index in [9.17, 15) is 9.59 Å². The fraction of sp³-hybridized carbons (Fsp3) is 0.190. The second kappa shape index (κ2) is 11.7. The number of benzene rings is 2. The Kier molecular flexibility index (Phi) is 8.66. The van der Waals surface area contributed by atoms with Crippen molar-refractivity contribution < 1.29 is 23.8 Å². The fourth-order valence-electron chi connectivity index (χ4n) is 2.05. The zero-order valence-electron chi connectivity index (χ0n) is 16.1. The van der Waals surface area contributed by atoms with Crippen LogP contribution in [0.4, 0.5) is 10.5 Å². The number of nitrogens with one attached hydrogen (secondary N) is 1. The monoisotopic (exact) mass is 395 g/mol. The first-order valence-electron chi connectivity index (χ1n) is 8.77. The van der Waals surface area contributed by atoms with Crippen LogP contribution in [0.25, 0.3) is 0 Å². The molecule has 0 saturated heterocycles. The third kappa shape index (κ3) is 7.70.